The second-order valence-corrected chi connectivity index (χ2v) is 3.02. The van der Waals surface area contributed by atoms with Crippen molar-refractivity contribution in [1.82, 2.24) is 4.98 Å². The normalized spacial score (nSPS) is 10.9. The Hall–Kier alpha value is -0.740. The minimum absolute atomic E-state index is 0.0220. The summed E-state index contributed by atoms with van der Waals surface area (Å²) in [5.74, 6) is 0. The maximum atomic E-state index is 12.4. The number of aromatic nitrogens is 1. The Morgan fingerprint density at radius 1 is 1.62 bits per heavy atom. The van der Waals surface area contributed by atoms with E-state index in [9.17, 15) is 8.78 Å². The molecule has 0 amide bonds. The third-order valence-corrected chi connectivity index (χ3v) is 1.98. The number of alkyl halides is 2. The Balaban J connectivity index is 3.29. The van der Waals surface area contributed by atoms with Crippen LogP contribution in [0.15, 0.2) is 6.07 Å². The van der Waals surface area contributed by atoms with Crippen LogP contribution < -0.4 is 5.73 Å². The first-order chi connectivity index (χ1) is 6.06. The van der Waals surface area contributed by atoms with Gasteiger partial charge in [0, 0.05) is 22.8 Å². The summed E-state index contributed by atoms with van der Waals surface area (Å²) < 4.78 is 24.8. The number of nitrogens with two attached hydrogens (primary N) is 1. The van der Waals surface area contributed by atoms with Crippen molar-refractivity contribution < 1.29 is 8.78 Å². The maximum Gasteiger partial charge on any atom is 0.280 e. The van der Waals surface area contributed by atoms with Crippen LogP contribution in [-0.4, -0.2) is 4.98 Å². The highest BCUT2D eigenvalue weighted by atomic mass is 35.5. The summed E-state index contributed by atoms with van der Waals surface area (Å²) in [6.07, 6.45) is -2.63. The van der Waals surface area contributed by atoms with Crippen molar-refractivity contribution in [2.75, 3.05) is 0 Å². The molecule has 13 heavy (non-hydrogen) atoms. The zero-order valence-corrected chi connectivity index (χ0v) is 7.78. The average Bonchev–Trinajstić information content (AvgIpc) is 2.02. The number of pyridine rings is 1. The summed E-state index contributed by atoms with van der Waals surface area (Å²) >= 11 is 5.73. The first-order valence-electron chi connectivity index (χ1n) is 3.70. The molecule has 2 nitrogen and oxygen atoms in total. The van der Waals surface area contributed by atoms with Crippen molar-refractivity contribution in [3.8, 4) is 0 Å². The number of rotatable bonds is 2. The first-order valence-corrected chi connectivity index (χ1v) is 4.08. The largest absolute Gasteiger partial charge is 0.326 e. The zero-order valence-electron chi connectivity index (χ0n) is 7.02. The molecule has 0 saturated heterocycles. The summed E-state index contributed by atoms with van der Waals surface area (Å²) in [4.78, 5) is 3.69. The number of hydrogen-bond acceptors (Lipinski definition) is 2. The van der Waals surface area contributed by atoms with Crippen LogP contribution in [0.25, 0.3) is 0 Å². The number of nitrogens with zero attached hydrogens (tertiary/aromatic N) is 1. The van der Waals surface area contributed by atoms with Gasteiger partial charge in [-0.25, -0.2) is 8.78 Å². The molecule has 0 unspecified atom stereocenters. The number of hydrogen-bond donors (Lipinski definition) is 1. The molecule has 0 bridgehead atoms. The first kappa shape index (κ1) is 10.3. The van der Waals surface area contributed by atoms with Gasteiger partial charge in [-0.1, -0.05) is 11.6 Å². The molecule has 0 aliphatic rings. The van der Waals surface area contributed by atoms with E-state index in [4.69, 9.17) is 17.3 Å². The molecular weight excluding hydrogens is 198 g/mol. The fraction of sp³-hybridized carbons (Fsp3) is 0.375. The minimum Gasteiger partial charge on any atom is -0.326 e. The van der Waals surface area contributed by atoms with Gasteiger partial charge in [-0.2, -0.15) is 0 Å². The molecule has 5 heteroatoms. The Labute approximate surface area is 79.7 Å². The van der Waals surface area contributed by atoms with Gasteiger partial charge in [-0.3, -0.25) is 4.98 Å². The maximum absolute atomic E-state index is 12.4. The second-order valence-electron chi connectivity index (χ2n) is 2.61. The Morgan fingerprint density at radius 2 is 2.23 bits per heavy atom. The van der Waals surface area contributed by atoms with Gasteiger partial charge in [0.25, 0.3) is 6.43 Å². The van der Waals surface area contributed by atoms with Gasteiger partial charge in [0.05, 0.1) is 0 Å². The highest BCUT2D eigenvalue weighted by Gasteiger charge is 2.16. The van der Waals surface area contributed by atoms with Crippen molar-refractivity contribution in [2.24, 2.45) is 5.73 Å². The summed E-state index contributed by atoms with van der Waals surface area (Å²) in [5.41, 5.74) is 5.66. The number of halogens is 3. The minimum atomic E-state index is -2.63. The molecule has 0 aliphatic heterocycles. The van der Waals surface area contributed by atoms with E-state index in [0.717, 1.165) is 0 Å². The topological polar surface area (TPSA) is 38.9 Å². The third-order valence-electron chi connectivity index (χ3n) is 1.64. The molecule has 1 aromatic rings. The summed E-state index contributed by atoms with van der Waals surface area (Å²) in [6.45, 7) is 1.59. The van der Waals surface area contributed by atoms with E-state index in [1.165, 1.54) is 6.07 Å². The predicted octanol–water partition coefficient (Wildman–Crippen LogP) is 2.44. The highest BCUT2D eigenvalue weighted by molar-refractivity contribution is 6.31. The molecule has 0 saturated carbocycles. The van der Waals surface area contributed by atoms with Crippen LogP contribution in [-0.2, 0) is 6.54 Å². The van der Waals surface area contributed by atoms with Crippen LogP contribution in [0, 0.1) is 6.92 Å². The predicted molar refractivity (Wildman–Crippen MR) is 46.8 cm³/mol. The molecule has 0 atom stereocenters. The molecule has 0 aromatic carbocycles. The van der Waals surface area contributed by atoms with Gasteiger partial charge >= 0.3 is 0 Å². The van der Waals surface area contributed by atoms with Gasteiger partial charge in [0.2, 0.25) is 0 Å². The van der Waals surface area contributed by atoms with Crippen LogP contribution in [0.2, 0.25) is 5.02 Å². The molecule has 72 valence electrons. The highest BCUT2D eigenvalue weighted by Crippen LogP contribution is 2.26. The Morgan fingerprint density at radius 3 is 2.69 bits per heavy atom. The molecular formula is C8H9ClF2N2. The quantitative estimate of drug-likeness (QED) is 0.807. The van der Waals surface area contributed by atoms with Gasteiger partial charge in [0.15, 0.2) is 0 Å². The lowest BCUT2D eigenvalue weighted by molar-refractivity contribution is 0.144. The van der Waals surface area contributed by atoms with Crippen LogP contribution in [0.4, 0.5) is 8.78 Å². The van der Waals surface area contributed by atoms with Crippen molar-refractivity contribution in [3.05, 3.63) is 28.0 Å². The summed E-state index contributed by atoms with van der Waals surface area (Å²) in [5, 5.41) is 0.255. The van der Waals surface area contributed by atoms with Gasteiger partial charge in [0.1, 0.15) is 5.69 Å². The van der Waals surface area contributed by atoms with Crippen molar-refractivity contribution >= 4 is 11.6 Å². The fourth-order valence-electron chi connectivity index (χ4n) is 1.07. The van der Waals surface area contributed by atoms with Gasteiger partial charge in [-0.05, 0) is 13.0 Å². The summed E-state index contributed by atoms with van der Waals surface area (Å²) in [7, 11) is 0. The lowest BCUT2D eigenvalue weighted by Crippen LogP contribution is -2.06. The van der Waals surface area contributed by atoms with Crippen molar-refractivity contribution in [2.45, 2.75) is 19.9 Å². The van der Waals surface area contributed by atoms with Crippen molar-refractivity contribution in [1.29, 1.82) is 0 Å². The fourth-order valence-corrected chi connectivity index (χ4v) is 1.40. The molecule has 1 heterocycles. The van der Waals surface area contributed by atoms with Crippen LogP contribution >= 0.6 is 11.6 Å². The molecule has 0 aliphatic carbocycles. The molecule has 1 aromatic heterocycles. The van der Waals surface area contributed by atoms with E-state index in [2.05, 4.69) is 4.98 Å². The smallest absolute Gasteiger partial charge is 0.280 e. The third kappa shape index (κ3) is 2.14. The average molecular weight is 207 g/mol. The van der Waals surface area contributed by atoms with Crippen LogP contribution in [0.1, 0.15) is 23.4 Å². The van der Waals surface area contributed by atoms with E-state index >= 15 is 0 Å². The molecule has 0 radical (unpaired) electrons. The monoisotopic (exact) mass is 206 g/mol. The van der Waals surface area contributed by atoms with E-state index < -0.39 is 6.43 Å². The van der Waals surface area contributed by atoms with Gasteiger partial charge in [-0.15, -0.1) is 0 Å². The van der Waals surface area contributed by atoms with E-state index in [1.54, 1.807) is 6.92 Å². The number of aryl methyl sites for hydroxylation is 1. The Kier molecular flexibility index (Phi) is 3.17. The van der Waals surface area contributed by atoms with E-state index in [1.807, 2.05) is 0 Å². The molecule has 1 rings (SSSR count). The molecule has 2 N–H and O–H groups in total. The Bertz CT molecular complexity index is 315. The van der Waals surface area contributed by atoms with E-state index in [0.29, 0.717) is 5.69 Å². The zero-order chi connectivity index (χ0) is 10.0. The lowest BCUT2D eigenvalue weighted by atomic mass is 10.2. The standard InChI is InChI=1S/C8H9ClF2N2/c1-4-2-6(9)5(3-12)7(13-4)8(10)11/h2,8H,3,12H2,1H3. The lowest BCUT2D eigenvalue weighted by Gasteiger charge is -2.08. The van der Waals surface area contributed by atoms with E-state index in [-0.39, 0.29) is 22.8 Å². The van der Waals surface area contributed by atoms with Gasteiger partial charge < -0.3 is 5.73 Å². The van der Waals surface area contributed by atoms with Crippen LogP contribution in [0.3, 0.4) is 0 Å². The van der Waals surface area contributed by atoms with Crippen LogP contribution in [0.5, 0.6) is 0 Å². The molecule has 0 spiro atoms. The SMILES string of the molecule is Cc1cc(Cl)c(CN)c(C(F)F)n1. The molecule has 0 fully saturated rings. The van der Waals surface area contributed by atoms with Crippen molar-refractivity contribution in [3.63, 3.8) is 0 Å². The second kappa shape index (κ2) is 3.98. The summed E-state index contributed by atoms with van der Waals surface area (Å²) in [6, 6.07) is 1.52.